The lowest BCUT2D eigenvalue weighted by Gasteiger charge is -2.03. The summed E-state index contributed by atoms with van der Waals surface area (Å²) in [4.78, 5) is 12.1. The van der Waals surface area contributed by atoms with E-state index in [0.29, 0.717) is 0 Å². The van der Waals surface area contributed by atoms with Gasteiger partial charge in [-0.1, -0.05) is 67.6 Å². The van der Waals surface area contributed by atoms with Gasteiger partial charge in [0, 0.05) is 5.56 Å². The van der Waals surface area contributed by atoms with E-state index in [0.717, 1.165) is 23.1 Å². The molecule has 0 saturated heterocycles. The Labute approximate surface area is 108 Å². The molecule has 90 valence electrons. The number of allylic oxidation sites excluding steroid dienone is 1. The second-order valence-corrected chi connectivity index (χ2v) is 4.12. The van der Waals surface area contributed by atoms with Crippen molar-refractivity contribution >= 4 is 11.9 Å². The van der Waals surface area contributed by atoms with Crippen molar-refractivity contribution in [3.05, 3.63) is 77.4 Å². The summed E-state index contributed by atoms with van der Waals surface area (Å²) in [6.07, 6.45) is 4.37. The van der Waals surface area contributed by atoms with Crippen LogP contribution >= 0.6 is 0 Å². The predicted molar refractivity (Wildman–Crippen MR) is 75.6 cm³/mol. The van der Waals surface area contributed by atoms with E-state index in [9.17, 15) is 4.79 Å². The number of hydrogen-bond donors (Lipinski definition) is 0. The standard InChI is InChI=1S/C17H16O/c1-2-15-10-6-7-11-16(15)17(18)13-12-14-8-4-3-5-9-14/h3-13H,2H2,1H3/b13-12+. The van der Waals surface area contributed by atoms with Crippen LogP contribution in [-0.4, -0.2) is 5.78 Å². The maximum Gasteiger partial charge on any atom is 0.186 e. The smallest absolute Gasteiger partial charge is 0.186 e. The topological polar surface area (TPSA) is 17.1 Å². The van der Waals surface area contributed by atoms with Crippen LogP contribution in [0.1, 0.15) is 28.4 Å². The molecule has 0 heterocycles. The molecule has 0 radical (unpaired) electrons. The molecule has 18 heavy (non-hydrogen) atoms. The highest BCUT2D eigenvalue weighted by atomic mass is 16.1. The van der Waals surface area contributed by atoms with E-state index in [1.54, 1.807) is 6.08 Å². The Balaban J connectivity index is 2.20. The number of hydrogen-bond acceptors (Lipinski definition) is 1. The van der Waals surface area contributed by atoms with Crippen molar-refractivity contribution < 1.29 is 4.79 Å². The highest BCUT2D eigenvalue weighted by Gasteiger charge is 2.05. The van der Waals surface area contributed by atoms with Crippen LogP contribution in [-0.2, 0) is 6.42 Å². The van der Waals surface area contributed by atoms with Gasteiger partial charge >= 0.3 is 0 Å². The molecular weight excluding hydrogens is 220 g/mol. The predicted octanol–water partition coefficient (Wildman–Crippen LogP) is 4.15. The van der Waals surface area contributed by atoms with Crippen LogP contribution in [0.2, 0.25) is 0 Å². The van der Waals surface area contributed by atoms with Gasteiger partial charge in [0.05, 0.1) is 0 Å². The van der Waals surface area contributed by atoms with Gasteiger partial charge in [0.1, 0.15) is 0 Å². The molecule has 2 aromatic carbocycles. The first kappa shape index (κ1) is 12.3. The van der Waals surface area contributed by atoms with E-state index in [-0.39, 0.29) is 5.78 Å². The zero-order chi connectivity index (χ0) is 12.8. The minimum Gasteiger partial charge on any atom is -0.289 e. The second kappa shape index (κ2) is 5.97. The third kappa shape index (κ3) is 2.95. The van der Waals surface area contributed by atoms with Crippen LogP contribution in [0.15, 0.2) is 60.7 Å². The average molecular weight is 236 g/mol. The first-order valence-corrected chi connectivity index (χ1v) is 6.16. The van der Waals surface area contributed by atoms with E-state index in [1.807, 2.05) is 60.7 Å². The number of benzene rings is 2. The minimum absolute atomic E-state index is 0.0660. The van der Waals surface area contributed by atoms with Crippen molar-refractivity contribution in [2.45, 2.75) is 13.3 Å². The molecule has 0 aliphatic rings. The normalized spacial score (nSPS) is 10.7. The molecule has 1 heteroatoms. The number of ketones is 1. The van der Waals surface area contributed by atoms with Crippen LogP contribution in [0.3, 0.4) is 0 Å². The molecule has 0 aromatic heterocycles. The van der Waals surface area contributed by atoms with Gasteiger partial charge in [0.25, 0.3) is 0 Å². The summed E-state index contributed by atoms with van der Waals surface area (Å²) >= 11 is 0. The largest absolute Gasteiger partial charge is 0.289 e. The van der Waals surface area contributed by atoms with Crippen LogP contribution in [0, 0.1) is 0 Å². The Morgan fingerprint density at radius 2 is 1.67 bits per heavy atom. The Morgan fingerprint density at radius 1 is 1.00 bits per heavy atom. The summed E-state index contributed by atoms with van der Waals surface area (Å²) in [5, 5.41) is 0. The summed E-state index contributed by atoms with van der Waals surface area (Å²) in [5.74, 6) is 0.0660. The lowest BCUT2D eigenvalue weighted by molar-refractivity contribution is 0.104. The van der Waals surface area contributed by atoms with Crippen molar-refractivity contribution in [3.63, 3.8) is 0 Å². The van der Waals surface area contributed by atoms with Crippen molar-refractivity contribution in [1.29, 1.82) is 0 Å². The van der Waals surface area contributed by atoms with E-state index in [1.165, 1.54) is 0 Å². The van der Waals surface area contributed by atoms with Crippen molar-refractivity contribution in [2.24, 2.45) is 0 Å². The number of aryl methyl sites for hydroxylation is 1. The third-order valence-corrected chi connectivity index (χ3v) is 2.89. The number of carbonyl (C=O) groups is 1. The molecule has 0 spiro atoms. The molecule has 0 fully saturated rings. The van der Waals surface area contributed by atoms with E-state index >= 15 is 0 Å². The lowest BCUT2D eigenvalue weighted by atomic mass is 10.0. The second-order valence-electron chi connectivity index (χ2n) is 4.12. The Morgan fingerprint density at radius 3 is 2.39 bits per heavy atom. The summed E-state index contributed by atoms with van der Waals surface area (Å²) in [5.41, 5.74) is 2.94. The van der Waals surface area contributed by atoms with Crippen molar-refractivity contribution in [3.8, 4) is 0 Å². The number of rotatable bonds is 4. The summed E-state index contributed by atoms with van der Waals surface area (Å²) in [6, 6.07) is 17.6. The third-order valence-electron chi connectivity index (χ3n) is 2.89. The minimum atomic E-state index is 0.0660. The maximum absolute atomic E-state index is 12.1. The summed E-state index contributed by atoms with van der Waals surface area (Å²) in [7, 11) is 0. The molecule has 0 aliphatic heterocycles. The van der Waals surface area contributed by atoms with Gasteiger partial charge in [-0.3, -0.25) is 4.79 Å². The SMILES string of the molecule is CCc1ccccc1C(=O)/C=C/c1ccccc1. The fourth-order valence-electron chi connectivity index (χ4n) is 1.89. The van der Waals surface area contributed by atoms with Gasteiger partial charge in [-0.2, -0.15) is 0 Å². The molecule has 0 saturated carbocycles. The summed E-state index contributed by atoms with van der Waals surface area (Å²) in [6.45, 7) is 2.06. The molecular formula is C17H16O. The molecule has 0 atom stereocenters. The van der Waals surface area contributed by atoms with Crippen LogP contribution in [0.5, 0.6) is 0 Å². The van der Waals surface area contributed by atoms with Crippen LogP contribution < -0.4 is 0 Å². The van der Waals surface area contributed by atoms with Gasteiger partial charge in [-0.15, -0.1) is 0 Å². The molecule has 2 rings (SSSR count). The Hall–Kier alpha value is -2.15. The van der Waals surface area contributed by atoms with Gasteiger partial charge in [-0.05, 0) is 23.6 Å². The van der Waals surface area contributed by atoms with Crippen molar-refractivity contribution in [1.82, 2.24) is 0 Å². The van der Waals surface area contributed by atoms with Gasteiger partial charge in [0.2, 0.25) is 0 Å². The van der Waals surface area contributed by atoms with E-state index in [2.05, 4.69) is 6.92 Å². The molecule has 0 amide bonds. The van der Waals surface area contributed by atoms with Gasteiger partial charge in [-0.25, -0.2) is 0 Å². The number of carbonyl (C=O) groups excluding carboxylic acids is 1. The first-order valence-electron chi connectivity index (χ1n) is 6.16. The fourth-order valence-corrected chi connectivity index (χ4v) is 1.89. The monoisotopic (exact) mass is 236 g/mol. The average Bonchev–Trinajstić information content (AvgIpc) is 2.45. The Kier molecular flexibility index (Phi) is 4.08. The van der Waals surface area contributed by atoms with Crippen LogP contribution in [0.25, 0.3) is 6.08 Å². The highest BCUT2D eigenvalue weighted by molar-refractivity contribution is 6.07. The molecule has 0 bridgehead atoms. The zero-order valence-electron chi connectivity index (χ0n) is 10.5. The Bertz CT molecular complexity index is 553. The molecule has 1 nitrogen and oxygen atoms in total. The molecule has 0 N–H and O–H groups in total. The van der Waals surface area contributed by atoms with Gasteiger partial charge in [0.15, 0.2) is 5.78 Å². The lowest BCUT2D eigenvalue weighted by Crippen LogP contribution is -1.99. The van der Waals surface area contributed by atoms with E-state index < -0.39 is 0 Å². The van der Waals surface area contributed by atoms with Crippen molar-refractivity contribution in [2.75, 3.05) is 0 Å². The maximum atomic E-state index is 12.1. The molecule has 2 aromatic rings. The van der Waals surface area contributed by atoms with E-state index in [4.69, 9.17) is 0 Å². The van der Waals surface area contributed by atoms with Gasteiger partial charge < -0.3 is 0 Å². The highest BCUT2D eigenvalue weighted by Crippen LogP contribution is 2.12. The quantitative estimate of drug-likeness (QED) is 0.576. The molecule has 0 unspecified atom stereocenters. The van der Waals surface area contributed by atoms with Crippen LogP contribution in [0.4, 0.5) is 0 Å². The summed E-state index contributed by atoms with van der Waals surface area (Å²) < 4.78 is 0. The fraction of sp³-hybridized carbons (Fsp3) is 0.118. The zero-order valence-corrected chi connectivity index (χ0v) is 10.5. The first-order chi connectivity index (χ1) is 8.81. The molecule has 0 aliphatic carbocycles.